The van der Waals surface area contributed by atoms with E-state index in [1.165, 1.54) is 44.5 Å². The summed E-state index contributed by atoms with van der Waals surface area (Å²) in [6.07, 6.45) is 2.13. The predicted molar refractivity (Wildman–Crippen MR) is 176 cm³/mol. The molecule has 206 valence electrons. The molecule has 0 saturated carbocycles. The van der Waals surface area contributed by atoms with Gasteiger partial charge in [0, 0.05) is 0 Å². The molecule has 2 aliphatic rings. The summed E-state index contributed by atoms with van der Waals surface area (Å²) in [5.74, 6) is 0. The van der Waals surface area contributed by atoms with Crippen molar-refractivity contribution < 1.29 is 21.3 Å². The molecule has 2 aliphatic carbocycles. The van der Waals surface area contributed by atoms with Crippen LogP contribution in [0.1, 0.15) is 79.5 Å². The molecule has 0 spiro atoms. The monoisotopic (exact) mass is 620 g/mol. The zero-order chi connectivity index (χ0) is 28.8. The second-order valence-corrected chi connectivity index (χ2v) is 18.2. The van der Waals surface area contributed by atoms with Crippen molar-refractivity contribution in [1.82, 2.24) is 0 Å². The van der Waals surface area contributed by atoms with Crippen molar-refractivity contribution >= 4 is 8.78 Å². The molecule has 0 amide bonds. The van der Waals surface area contributed by atoms with Crippen molar-refractivity contribution in [3.05, 3.63) is 171 Å². The van der Waals surface area contributed by atoms with Crippen LogP contribution in [0.2, 0.25) is 0 Å². The molecule has 0 radical (unpaired) electrons. The van der Waals surface area contributed by atoms with Crippen LogP contribution in [0, 0.1) is 0 Å². The molecule has 0 nitrogen and oxygen atoms in total. The molecule has 1 unspecified atom stereocenters. The van der Waals surface area contributed by atoms with Gasteiger partial charge in [-0.25, -0.2) is 0 Å². The minimum atomic E-state index is -2.81. The van der Waals surface area contributed by atoms with Crippen molar-refractivity contribution in [3.8, 4) is 11.1 Å². The summed E-state index contributed by atoms with van der Waals surface area (Å²) >= 11 is -2.81. The van der Waals surface area contributed by atoms with E-state index in [4.69, 9.17) is 0 Å². The average Bonchev–Trinajstić information content (AvgIpc) is 3.50. The summed E-state index contributed by atoms with van der Waals surface area (Å²) in [4.78, 5) is 0. The van der Waals surface area contributed by atoms with Crippen LogP contribution in [0.4, 0.5) is 0 Å². The Bertz CT molecular complexity index is 1760. The number of benzene rings is 5. The van der Waals surface area contributed by atoms with Gasteiger partial charge in [0.1, 0.15) is 0 Å². The topological polar surface area (TPSA) is 0 Å². The molecule has 1 heteroatoms. The van der Waals surface area contributed by atoms with E-state index in [0.717, 1.165) is 12.8 Å². The Morgan fingerprint density at radius 3 is 1.55 bits per heavy atom. The molecule has 7 rings (SSSR count). The molecule has 1 atom stereocenters. The number of allylic oxidation sites excluding steroid dienone is 2. The fraction of sp³-hybridized carbons (Fsp3) is 0.195. The molecule has 0 heterocycles. The van der Waals surface area contributed by atoms with E-state index in [1.54, 1.807) is 25.5 Å². The quantitative estimate of drug-likeness (QED) is 0.177. The van der Waals surface area contributed by atoms with Crippen LogP contribution in [0.25, 0.3) is 16.7 Å². The molecule has 0 bridgehead atoms. The van der Waals surface area contributed by atoms with Gasteiger partial charge in [-0.2, -0.15) is 0 Å². The van der Waals surface area contributed by atoms with Gasteiger partial charge in [0.05, 0.1) is 0 Å². The fourth-order valence-electron chi connectivity index (χ4n) is 7.45. The van der Waals surface area contributed by atoms with E-state index in [-0.39, 0.29) is 0 Å². The number of aryl methyl sites for hydroxylation is 2. The maximum absolute atomic E-state index is 2.81. The number of fused-ring (bicyclic) bond motifs is 4. The maximum atomic E-state index is 2.58. The van der Waals surface area contributed by atoms with Crippen molar-refractivity contribution in [1.29, 1.82) is 0 Å². The normalized spacial score (nSPS) is 15.4. The van der Waals surface area contributed by atoms with Crippen LogP contribution < -0.4 is 0 Å². The van der Waals surface area contributed by atoms with Crippen molar-refractivity contribution in [2.24, 2.45) is 0 Å². The van der Waals surface area contributed by atoms with Gasteiger partial charge >= 0.3 is 260 Å². The van der Waals surface area contributed by atoms with Gasteiger partial charge in [-0.05, 0) is 0 Å². The number of rotatable bonds is 6. The predicted octanol–water partition coefficient (Wildman–Crippen LogP) is 10.3. The first-order valence-corrected chi connectivity index (χ1v) is 19.5. The second-order valence-electron chi connectivity index (χ2n) is 11.9. The van der Waals surface area contributed by atoms with E-state index in [0.29, 0.717) is 7.25 Å². The molecule has 0 fully saturated rings. The summed E-state index contributed by atoms with van der Waals surface area (Å²) in [6.45, 7) is 9.39. The van der Waals surface area contributed by atoms with Crippen LogP contribution >= 0.6 is 0 Å². The number of hydrogen-bond donors (Lipinski definition) is 0. The standard InChI is InChI=1S/C17H17.C13H10.C11H11.Zr/c1-3-12-5-7-16-14(9-12)11-15-10-13(4-2)6-8-17(15)16;1-3-7-12(8-4-1)11-13-9-5-2-6-10-13;1-8-7-10-5-3-4-6-11(10)9(8)2;/h5-11H,3-4H2,1-2H3;1-10H;3-7H,1-2H3;. The Hall–Kier alpha value is -3.41. The van der Waals surface area contributed by atoms with Crippen LogP contribution in [0.15, 0.2) is 127 Å². The van der Waals surface area contributed by atoms with Gasteiger partial charge in [0.2, 0.25) is 0 Å². The van der Waals surface area contributed by atoms with Crippen molar-refractivity contribution in [2.45, 2.75) is 47.8 Å². The molecule has 0 saturated heterocycles. The summed E-state index contributed by atoms with van der Waals surface area (Å²) in [5.41, 5.74) is 17.8. The summed E-state index contributed by atoms with van der Waals surface area (Å²) < 4.78 is 2.54. The molecular formula is C41H38Zr. The fourth-order valence-corrected chi connectivity index (χ4v) is 18.1. The van der Waals surface area contributed by atoms with Gasteiger partial charge in [-0.15, -0.1) is 0 Å². The summed E-state index contributed by atoms with van der Waals surface area (Å²) in [7, 11) is 0. The Morgan fingerprint density at radius 1 is 0.524 bits per heavy atom. The minimum absolute atomic E-state index is 0.435. The van der Waals surface area contributed by atoms with Gasteiger partial charge < -0.3 is 0 Å². The van der Waals surface area contributed by atoms with Crippen molar-refractivity contribution in [2.75, 3.05) is 0 Å². The van der Waals surface area contributed by atoms with Gasteiger partial charge in [0.25, 0.3) is 0 Å². The average molecular weight is 622 g/mol. The Labute approximate surface area is 258 Å². The molecule has 0 aromatic heterocycles. The van der Waals surface area contributed by atoms with E-state index in [2.05, 4.69) is 149 Å². The van der Waals surface area contributed by atoms with E-state index < -0.39 is 21.3 Å². The molecular weight excluding hydrogens is 584 g/mol. The molecule has 5 aromatic carbocycles. The van der Waals surface area contributed by atoms with Crippen LogP contribution in [-0.2, 0) is 34.1 Å². The van der Waals surface area contributed by atoms with Gasteiger partial charge in [0.15, 0.2) is 0 Å². The van der Waals surface area contributed by atoms with Crippen molar-refractivity contribution in [3.63, 3.8) is 0 Å². The third-order valence-corrected chi connectivity index (χ3v) is 19.0. The second kappa shape index (κ2) is 11.4. The molecule has 42 heavy (non-hydrogen) atoms. The first-order valence-electron chi connectivity index (χ1n) is 15.5. The van der Waals surface area contributed by atoms with E-state index in [9.17, 15) is 0 Å². The van der Waals surface area contributed by atoms with Gasteiger partial charge in [-0.1, -0.05) is 0 Å². The van der Waals surface area contributed by atoms with Crippen LogP contribution in [0.3, 0.4) is 0 Å². The Balaban J connectivity index is 1.65. The Kier molecular flexibility index (Phi) is 7.41. The van der Waals surface area contributed by atoms with E-state index >= 15 is 0 Å². The van der Waals surface area contributed by atoms with E-state index in [1.807, 2.05) is 0 Å². The SMILES string of the molecule is CCc1ccc2c(c1)[CH]([Zr](=[C](c1ccccc1)c1ccccc1)[CH]1C(C)=C(C)c3ccccc31)c1cc(CC)ccc1-2. The molecule has 0 aliphatic heterocycles. The third-order valence-electron chi connectivity index (χ3n) is 9.70. The zero-order valence-corrected chi connectivity index (χ0v) is 27.6. The van der Waals surface area contributed by atoms with Crippen LogP contribution in [-0.4, -0.2) is 3.21 Å². The van der Waals surface area contributed by atoms with Crippen LogP contribution in [0.5, 0.6) is 0 Å². The first-order chi connectivity index (χ1) is 20.6. The third kappa shape index (κ3) is 4.49. The van der Waals surface area contributed by atoms with Gasteiger partial charge in [-0.3, -0.25) is 0 Å². The first kappa shape index (κ1) is 27.4. The molecule has 0 N–H and O–H groups in total. The molecule has 5 aromatic rings. The number of hydrogen-bond acceptors (Lipinski definition) is 0. The zero-order valence-electron chi connectivity index (χ0n) is 25.1. The summed E-state index contributed by atoms with van der Waals surface area (Å²) in [5, 5.41) is 0. The Morgan fingerprint density at radius 2 is 1.02 bits per heavy atom. The summed E-state index contributed by atoms with van der Waals surface area (Å²) in [6, 6.07) is 46.8.